The second-order valence-corrected chi connectivity index (χ2v) is 6.26. The summed E-state index contributed by atoms with van der Waals surface area (Å²) in [6.45, 7) is 1.73. The van der Waals surface area contributed by atoms with E-state index in [4.69, 9.17) is 0 Å². The quantitative estimate of drug-likeness (QED) is 0.759. The molecule has 1 saturated heterocycles. The molecule has 0 aromatic heterocycles. The predicted molar refractivity (Wildman–Crippen MR) is 81.8 cm³/mol. The van der Waals surface area contributed by atoms with Crippen molar-refractivity contribution in [1.29, 1.82) is 0 Å². The molecule has 1 aromatic rings. The van der Waals surface area contributed by atoms with E-state index in [2.05, 4.69) is 41.6 Å². The van der Waals surface area contributed by atoms with E-state index >= 15 is 0 Å². The lowest BCUT2D eigenvalue weighted by Crippen LogP contribution is -2.47. The highest BCUT2D eigenvalue weighted by molar-refractivity contribution is 14.1. The standard InChI is InChI=1S/C14H19IN2O/c1-16(2)13-4-3-9-17(10-13)14(18)11-5-7-12(15)8-6-11/h5-8,13H,3-4,9-10H2,1-2H3. The number of rotatable bonds is 2. The SMILES string of the molecule is CN(C)C1CCCN(C(=O)c2ccc(I)cc2)C1. The number of hydrogen-bond donors (Lipinski definition) is 0. The first-order valence-electron chi connectivity index (χ1n) is 6.29. The van der Waals surface area contributed by atoms with E-state index in [1.807, 2.05) is 29.2 Å². The average molecular weight is 358 g/mol. The third-order valence-electron chi connectivity index (χ3n) is 3.51. The van der Waals surface area contributed by atoms with Crippen LogP contribution in [0.3, 0.4) is 0 Å². The van der Waals surface area contributed by atoms with Crippen LogP contribution < -0.4 is 0 Å². The summed E-state index contributed by atoms with van der Waals surface area (Å²) in [5.41, 5.74) is 0.801. The molecule has 0 bridgehead atoms. The van der Waals surface area contributed by atoms with Crippen LogP contribution in [0.5, 0.6) is 0 Å². The van der Waals surface area contributed by atoms with Gasteiger partial charge >= 0.3 is 0 Å². The maximum Gasteiger partial charge on any atom is 0.253 e. The summed E-state index contributed by atoms with van der Waals surface area (Å²) >= 11 is 2.25. The van der Waals surface area contributed by atoms with Crippen molar-refractivity contribution >= 4 is 28.5 Å². The minimum Gasteiger partial charge on any atom is -0.337 e. The molecule has 1 heterocycles. The van der Waals surface area contributed by atoms with Crippen molar-refractivity contribution in [3.05, 3.63) is 33.4 Å². The molecule has 3 nitrogen and oxygen atoms in total. The first-order valence-corrected chi connectivity index (χ1v) is 7.37. The van der Waals surface area contributed by atoms with Gasteiger partial charge in [0.15, 0.2) is 0 Å². The van der Waals surface area contributed by atoms with Crippen LogP contribution in [0.25, 0.3) is 0 Å². The molecule has 0 spiro atoms. The first kappa shape index (κ1) is 13.8. The van der Waals surface area contributed by atoms with E-state index in [9.17, 15) is 4.79 Å². The van der Waals surface area contributed by atoms with Crippen LogP contribution in [-0.2, 0) is 0 Å². The van der Waals surface area contributed by atoms with E-state index in [-0.39, 0.29) is 5.91 Å². The number of piperidine rings is 1. The van der Waals surface area contributed by atoms with Gasteiger partial charge in [0.2, 0.25) is 0 Å². The molecular weight excluding hydrogens is 339 g/mol. The predicted octanol–water partition coefficient (Wildman–Crippen LogP) is 2.46. The number of hydrogen-bond acceptors (Lipinski definition) is 2. The number of benzene rings is 1. The Morgan fingerprint density at radius 1 is 1.33 bits per heavy atom. The van der Waals surface area contributed by atoms with Crippen molar-refractivity contribution in [3.8, 4) is 0 Å². The number of likely N-dealkylation sites (tertiary alicyclic amines) is 1. The average Bonchev–Trinajstić information content (AvgIpc) is 2.39. The van der Waals surface area contributed by atoms with Crippen molar-refractivity contribution in [2.75, 3.05) is 27.2 Å². The largest absolute Gasteiger partial charge is 0.337 e. The Balaban J connectivity index is 2.06. The molecule has 1 amide bonds. The van der Waals surface area contributed by atoms with E-state index in [0.717, 1.165) is 28.6 Å². The van der Waals surface area contributed by atoms with Gasteiger partial charge in [-0.3, -0.25) is 4.79 Å². The van der Waals surface area contributed by atoms with Gasteiger partial charge in [-0.25, -0.2) is 0 Å². The first-order chi connectivity index (χ1) is 8.58. The Hall–Kier alpha value is -0.620. The highest BCUT2D eigenvalue weighted by Gasteiger charge is 2.25. The smallest absolute Gasteiger partial charge is 0.253 e. The Morgan fingerprint density at radius 3 is 2.61 bits per heavy atom. The van der Waals surface area contributed by atoms with Gasteiger partial charge in [0.05, 0.1) is 0 Å². The Kier molecular flexibility index (Phi) is 4.61. The van der Waals surface area contributed by atoms with Crippen molar-refractivity contribution < 1.29 is 4.79 Å². The van der Waals surface area contributed by atoms with Crippen LogP contribution in [-0.4, -0.2) is 48.9 Å². The van der Waals surface area contributed by atoms with Gasteiger partial charge in [-0.2, -0.15) is 0 Å². The van der Waals surface area contributed by atoms with E-state index in [0.29, 0.717) is 6.04 Å². The number of carbonyl (C=O) groups is 1. The zero-order chi connectivity index (χ0) is 13.1. The maximum atomic E-state index is 12.4. The topological polar surface area (TPSA) is 23.6 Å². The summed E-state index contributed by atoms with van der Waals surface area (Å²) in [7, 11) is 4.17. The van der Waals surface area contributed by atoms with Crippen molar-refractivity contribution in [2.45, 2.75) is 18.9 Å². The molecule has 0 aliphatic carbocycles. The fourth-order valence-electron chi connectivity index (χ4n) is 2.34. The molecule has 1 unspecified atom stereocenters. The number of nitrogens with zero attached hydrogens (tertiary/aromatic N) is 2. The molecular formula is C14H19IN2O. The van der Waals surface area contributed by atoms with Crippen molar-refractivity contribution in [3.63, 3.8) is 0 Å². The second-order valence-electron chi connectivity index (χ2n) is 5.02. The molecule has 0 radical (unpaired) electrons. The summed E-state index contributed by atoms with van der Waals surface area (Å²) in [6.07, 6.45) is 2.28. The van der Waals surface area contributed by atoms with Gasteiger partial charge in [-0.05, 0) is 73.8 Å². The van der Waals surface area contributed by atoms with Crippen molar-refractivity contribution in [1.82, 2.24) is 9.80 Å². The minimum atomic E-state index is 0.165. The van der Waals surface area contributed by atoms with Gasteiger partial charge in [-0.15, -0.1) is 0 Å². The highest BCUT2D eigenvalue weighted by Crippen LogP contribution is 2.17. The Morgan fingerprint density at radius 2 is 2.00 bits per heavy atom. The monoisotopic (exact) mass is 358 g/mol. The summed E-state index contributed by atoms with van der Waals surface area (Å²) in [4.78, 5) is 16.6. The highest BCUT2D eigenvalue weighted by atomic mass is 127. The maximum absolute atomic E-state index is 12.4. The lowest BCUT2D eigenvalue weighted by molar-refractivity contribution is 0.0635. The molecule has 98 valence electrons. The van der Waals surface area contributed by atoms with Crippen molar-refractivity contribution in [2.24, 2.45) is 0 Å². The second kappa shape index (κ2) is 6.02. The zero-order valence-electron chi connectivity index (χ0n) is 10.9. The molecule has 2 rings (SSSR count). The Bertz CT molecular complexity index is 416. The molecule has 1 aromatic carbocycles. The van der Waals surface area contributed by atoms with E-state index < -0.39 is 0 Å². The third kappa shape index (κ3) is 3.23. The third-order valence-corrected chi connectivity index (χ3v) is 4.22. The van der Waals surface area contributed by atoms with Gasteiger partial charge in [0.1, 0.15) is 0 Å². The molecule has 1 fully saturated rings. The van der Waals surface area contributed by atoms with E-state index in [1.54, 1.807) is 0 Å². The molecule has 0 N–H and O–H groups in total. The normalized spacial score (nSPS) is 20.2. The summed E-state index contributed by atoms with van der Waals surface area (Å²) in [5, 5.41) is 0. The molecule has 1 aliphatic rings. The van der Waals surface area contributed by atoms with Crippen LogP contribution in [0.1, 0.15) is 23.2 Å². The zero-order valence-corrected chi connectivity index (χ0v) is 13.1. The molecule has 0 saturated carbocycles. The summed E-state index contributed by atoms with van der Waals surface area (Å²) in [6, 6.07) is 8.31. The Labute approximate surface area is 122 Å². The number of carbonyl (C=O) groups excluding carboxylic acids is 1. The fraction of sp³-hybridized carbons (Fsp3) is 0.500. The van der Waals surface area contributed by atoms with Crippen LogP contribution in [0.4, 0.5) is 0 Å². The molecule has 1 atom stereocenters. The number of amides is 1. The van der Waals surface area contributed by atoms with E-state index in [1.165, 1.54) is 6.42 Å². The minimum absolute atomic E-state index is 0.165. The lowest BCUT2D eigenvalue weighted by Gasteiger charge is -2.36. The molecule has 1 aliphatic heterocycles. The van der Waals surface area contributed by atoms with Gasteiger partial charge in [0.25, 0.3) is 5.91 Å². The number of likely N-dealkylation sites (N-methyl/N-ethyl adjacent to an activating group) is 1. The fourth-order valence-corrected chi connectivity index (χ4v) is 2.70. The summed E-state index contributed by atoms with van der Waals surface area (Å²) < 4.78 is 1.16. The molecule has 18 heavy (non-hydrogen) atoms. The van der Waals surface area contributed by atoms with Gasteiger partial charge in [-0.1, -0.05) is 0 Å². The van der Waals surface area contributed by atoms with Gasteiger partial charge < -0.3 is 9.80 Å². The van der Waals surface area contributed by atoms with Crippen LogP contribution in [0.2, 0.25) is 0 Å². The molecule has 4 heteroatoms. The van der Waals surface area contributed by atoms with Crippen LogP contribution >= 0.6 is 22.6 Å². The lowest BCUT2D eigenvalue weighted by atomic mass is 10.0. The van der Waals surface area contributed by atoms with Gasteiger partial charge in [0, 0.05) is 28.3 Å². The number of halogens is 1. The summed E-state index contributed by atoms with van der Waals surface area (Å²) in [5.74, 6) is 0.165. The van der Waals surface area contributed by atoms with Crippen LogP contribution in [0.15, 0.2) is 24.3 Å². The van der Waals surface area contributed by atoms with Crippen LogP contribution in [0, 0.1) is 3.57 Å².